The van der Waals surface area contributed by atoms with Crippen LogP contribution in [-0.4, -0.2) is 36.1 Å². The number of nitrogens with zero attached hydrogens (tertiary/aromatic N) is 2. The Hall–Kier alpha value is -1.60. The van der Waals surface area contributed by atoms with Crippen LogP contribution in [-0.2, 0) is 16.6 Å². The van der Waals surface area contributed by atoms with Crippen molar-refractivity contribution < 1.29 is 13.6 Å². The molecule has 1 aromatic carbocycles. The number of amidine groups is 1. The van der Waals surface area contributed by atoms with Gasteiger partial charge in [0.2, 0.25) is 10.0 Å². The molecule has 1 saturated carbocycles. The van der Waals surface area contributed by atoms with Crippen molar-refractivity contribution >= 4 is 15.9 Å². The highest BCUT2D eigenvalue weighted by Gasteiger charge is 2.32. The molecule has 1 fully saturated rings. The summed E-state index contributed by atoms with van der Waals surface area (Å²) in [6, 6.07) is 7.04. The van der Waals surface area contributed by atoms with Gasteiger partial charge in [-0.2, -0.15) is 0 Å². The molecule has 7 heteroatoms. The second-order valence-corrected chi connectivity index (χ2v) is 7.71. The minimum Gasteiger partial charge on any atom is -0.409 e. The summed E-state index contributed by atoms with van der Waals surface area (Å²) in [6.45, 7) is 0.283. The van der Waals surface area contributed by atoms with Crippen molar-refractivity contribution in [3.63, 3.8) is 0 Å². The maximum absolute atomic E-state index is 12.4. The summed E-state index contributed by atoms with van der Waals surface area (Å²) >= 11 is 0. The lowest BCUT2D eigenvalue weighted by molar-refractivity contribution is 0.318. The van der Waals surface area contributed by atoms with Crippen LogP contribution in [0.1, 0.15) is 36.8 Å². The third-order valence-electron chi connectivity index (χ3n) is 3.89. The number of rotatable bonds is 5. The van der Waals surface area contributed by atoms with Crippen molar-refractivity contribution in [2.24, 2.45) is 10.9 Å². The molecule has 0 aliphatic heterocycles. The zero-order chi connectivity index (χ0) is 15.5. The molecule has 2 rings (SSSR count). The summed E-state index contributed by atoms with van der Waals surface area (Å²) in [4.78, 5) is 0. The van der Waals surface area contributed by atoms with Crippen LogP contribution in [0.4, 0.5) is 0 Å². The average molecular weight is 311 g/mol. The molecule has 6 nitrogen and oxygen atoms in total. The van der Waals surface area contributed by atoms with Crippen LogP contribution in [0, 0.1) is 0 Å². The molecule has 21 heavy (non-hydrogen) atoms. The molecular formula is C14H21N3O3S. The Labute approximate surface area is 125 Å². The first-order chi connectivity index (χ1) is 9.95. The third-order valence-corrected chi connectivity index (χ3v) is 6.21. The molecular weight excluding hydrogens is 290 g/mol. The Morgan fingerprint density at radius 1 is 1.43 bits per heavy atom. The summed E-state index contributed by atoms with van der Waals surface area (Å²) in [5.74, 6) is 0.0122. The summed E-state index contributed by atoms with van der Waals surface area (Å²) in [6.07, 6.45) is 3.46. The molecule has 0 radical (unpaired) electrons. The van der Waals surface area contributed by atoms with E-state index >= 15 is 0 Å². The standard InChI is InChI=1S/C14H21N3O3S/c1-17(21(19,20)13-7-2-3-8-13)10-11-5-4-6-12(9-11)14(15)16-18/h4-6,9,13,18H,2-3,7-8,10H2,1H3,(H2,15,16). The predicted octanol–water partition coefficient (Wildman–Crippen LogP) is 1.49. The Morgan fingerprint density at radius 3 is 2.71 bits per heavy atom. The topological polar surface area (TPSA) is 96.0 Å². The SMILES string of the molecule is CN(Cc1cccc(/C(N)=N/O)c1)S(=O)(=O)C1CCCC1. The molecule has 0 saturated heterocycles. The number of benzene rings is 1. The summed E-state index contributed by atoms with van der Waals surface area (Å²) in [5, 5.41) is 11.4. The van der Waals surface area contributed by atoms with E-state index in [1.54, 1.807) is 25.2 Å². The second kappa shape index (κ2) is 6.44. The molecule has 0 spiro atoms. The van der Waals surface area contributed by atoms with Gasteiger partial charge >= 0.3 is 0 Å². The lowest BCUT2D eigenvalue weighted by Crippen LogP contribution is -2.34. The molecule has 0 heterocycles. The largest absolute Gasteiger partial charge is 0.409 e. The van der Waals surface area contributed by atoms with Gasteiger partial charge in [0.05, 0.1) is 5.25 Å². The Bertz CT molecular complexity index is 622. The molecule has 1 aliphatic carbocycles. The van der Waals surface area contributed by atoms with Gasteiger partial charge in [-0.25, -0.2) is 12.7 Å². The van der Waals surface area contributed by atoms with Gasteiger partial charge in [-0.1, -0.05) is 36.2 Å². The fourth-order valence-corrected chi connectivity index (χ4v) is 4.44. The van der Waals surface area contributed by atoms with Crippen LogP contribution < -0.4 is 5.73 Å². The van der Waals surface area contributed by atoms with Gasteiger partial charge in [0, 0.05) is 19.2 Å². The lowest BCUT2D eigenvalue weighted by atomic mass is 10.1. The monoisotopic (exact) mass is 311 g/mol. The maximum Gasteiger partial charge on any atom is 0.217 e. The highest BCUT2D eigenvalue weighted by molar-refractivity contribution is 7.89. The molecule has 0 aromatic heterocycles. The van der Waals surface area contributed by atoms with E-state index in [0.717, 1.165) is 31.2 Å². The van der Waals surface area contributed by atoms with E-state index in [9.17, 15) is 8.42 Å². The lowest BCUT2D eigenvalue weighted by Gasteiger charge is -2.21. The van der Waals surface area contributed by atoms with Crippen molar-refractivity contribution in [1.82, 2.24) is 4.31 Å². The molecule has 0 amide bonds. The van der Waals surface area contributed by atoms with Crippen molar-refractivity contribution in [3.8, 4) is 0 Å². The molecule has 0 bridgehead atoms. The zero-order valence-corrected chi connectivity index (χ0v) is 12.9. The molecule has 1 aromatic rings. The van der Waals surface area contributed by atoms with Crippen LogP contribution in [0.25, 0.3) is 0 Å². The smallest absolute Gasteiger partial charge is 0.217 e. The van der Waals surface area contributed by atoms with Gasteiger partial charge in [-0.15, -0.1) is 0 Å². The van der Waals surface area contributed by atoms with Gasteiger partial charge in [0.1, 0.15) is 0 Å². The van der Waals surface area contributed by atoms with E-state index in [-0.39, 0.29) is 17.6 Å². The molecule has 116 valence electrons. The third kappa shape index (κ3) is 3.54. The number of hydrogen-bond donors (Lipinski definition) is 2. The first kappa shape index (κ1) is 15.8. The van der Waals surface area contributed by atoms with E-state index in [4.69, 9.17) is 10.9 Å². The molecule has 1 aliphatic rings. The average Bonchev–Trinajstić information content (AvgIpc) is 3.01. The van der Waals surface area contributed by atoms with Crippen molar-refractivity contribution in [2.75, 3.05) is 7.05 Å². The minimum absolute atomic E-state index is 0.0122. The molecule has 0 unspecified atom stereocenters. The van der Waals surface area contributed by atoms with Gasteiger partial charge in [-0.3, -0.25) is 0 Å². The van der Waals surface area contributed by atoms with E-state index in [1.165, 1.54) is 4.31 Å². The summed E-state index contributed by atoms with van der Waals surface area (Å²) < 4.78 is 26.3. The van der Waals surface area contributed by atoms with Crippen LogP contribution >= 0.6 is 0 Å². The van der Waals surface area contributed by atoms with Crippen molar-refractivity contribution in [1.29, 1.82) is 0 Å². The van der Waals surface area contributed by atoms with Crippen LogP contribution in [0.3, 0.4) is 0 Å². The fourth-order valence-electron chi connectivity index (χ4n) is 2.67. The summed E-state index contributed by atoms with van der Waals surface area (Å²) in [7, 11) is -1.65. The maximum atomic E-state index is 12.4. The summed E-state index contributed by atoms with van der Waals surface area (Å²) in [5.41, 5.74) is 6.93. The minimum atomic E-state index is -3.25. The van der Waals surface area contributed by atoms with Gasteiger partial charge < -0.3 is 10.9 Å². The molecule has 3 N–H and O–H groups in total. The number of hydrogen-bond acceptors (Lipinski definition) is 4. The quantitative estimate of drug-likeness (QED) is 0.372. The van der Waals surface area contributed by atoms with Gasteiger partial charge in [-0.05, 0) is 24.5 Å². The zero-order valence-electron chi connectivity index (χ0n) is 12.1. The Kier molecular flexibility index (Phi) is 4.84. The number of nitrogens with two attached hydrogens (primary N) is 1. The highest BCUT2D eigenvalue weighted by atomic mass is 32.2. The first-order valence-corrected chi connectivity index (χ1v) is 8.47. The van der Waals surface area contributed by atoms with Crippen LogP contribution in [0.15, 0.2) is 29.4 Å². The highest BCUT2D eigenvalue weighted by Crippen LogP contribution is 2.27. The van der Waals surface area contributed by atoms with E-state index in [0.29, 0.717) is 5.56 Å². The molecule has 0 atom stereocenters. The van der Waals surface area contributed by atoms with Crippen LogP contribution in [0.2, 0.25) is 0 Å². The van der Waals surface area contributed by atoms with E-state index < -0.39 is 10.0 Å². The van der Waals surface area contributed by atoms with Crippen LogP contribution in [0.5, 0.6) is 0 Å². The first-order valence-electron chi connectivity index (χ1n) is 6.97. The Morgan fingerprint density at radius 2 is 2.10 bits per heavy atom. The van der Waals surface area contributed by atoms with Crippen molar-refractivity contribution in [2.45, 2.75) is 37.5 Å². The van der Waals surface area contributed by atoms with E-state index in [1.807, 2.05) is 6.07 Å². The number of oxime groups is 1. The van der Waals surface area contributed by atoms with Gasteiger partial charge in [0.15, 0.2) is 5.84 Å². The van der Waals surface area contributed by atoms with Gasteiger partial charge in [0.25, 0.3) is 0 Å². The predicted molar refractivity (Wildman–Crippen MR) is 81.6 cm³/mol. The van der Waals surface area contributed by atoms with Crippen molar-refractivity contribution in [3.05, 3.63) is 35.4 Å². The number of sulfonamides is 1. The van der Waals surface area contributed by atoms with E-state index in [2.05, 4.69) is 5.16 Å². The normalized spacial score (nSPS) is 17.5. The second-order valence-electron chi connectivity index (χ2n) is 5.39. The fraction of sp³-hybridized carbons (Fsp3) is 0.500. The Balaban J connectivity index is 2.14.